The molecule has 4 rings (SSSR count). The maximum atomic E-state index is 13.3. The van der Waals surface area contributed by atoms with E-state index >= 15 is 0 Å². The van der Waals surface area contributed by atoms with Crippen LogP contribution in [0.15, 0.2) is 65.6 Å². The van der Waals surface area contributed by atoms with Crippen molar-refractivity contribution in [1.82, 2.24) is 0 Å². The van der Waals surface area contributed by atoms with Gasteiger partial charge in [-0.3, -0.25) is 9.69 Å². The van der Waals surface area contributed by atoms with Crippen LogP contribution in [0, 0.1) is 0 Å². The quantitative estimate of drug-likeness (QED) is 0.284. The summed E-state index contributed by atoms with van der Waals surface area (Å²) in [5.74, 6) is 1.27. The highest BCUT2D eigenvalue weighted by molar-refractivity contribution is 8.27. The zero-order valence-electron chi connectivity index (χ0n) is 18.3. The Balaban J connectivity index is 1.66. The van der Waals surface area contributed by atoms with Gasteiger partial charge in [-0.2, -0.15) is 0 Å². The average Bonchev–Trinajstić information content (AvgIpc) is 3.07. The summed E-state index contributed by atoms with van der Waals surface area (Å²) in [5.41, 5.74) is 1.67. The lowest BCUT2D eigenvalue weighted by molar-refractivity contribution is -0.113. The Labute approximate surface area is 198 Å². The van der Waals surface area contributed by atoms with E-state index in [-0.39, 0.29) is 12.0 Å². The molecule has 3 aromatic carbocycles. The Hall–Kier alpha value is -2.83. The minimum atomic E-state index is -0.116. The second kappa shape index (κ2) is 9.76. The number of hydrogen-bond donors (Lipinski definition) is 0. The van der Waals surface area contributed by atoms with Gasteiger partial charge in [-0.05, 0) is 55.5 Å². The molecule has 0 unspecified atom stereocenters. The number of nitrogens with zero attached hydrogens (tertiary/aromatic N) is 1. The molecule has 0 aliphatic carbocycles. The highest BCUT2D eigenvalue weighted by Gasteiger charge is 2.34. The van der Waals surface area contributed by atoms with Gasteiger partial charge in [0, 0.05) is 5.39 Å². The molecule has 164 valence electrons. The first-order valence-corrected chi connectivity index (χ1v) is 11.9. The maximum absolute atomic E-state index is 13.3. The van der Waals surface area contributed by atoms with Crippen molar-refractivity contribution in [3.8, 4) is 11.5 Å². The van der Waals surface area contributed by atoms with Crippen LogP contribution in [0.5, 0.6) is 11.5 Å². The molecule has 1 heterocycles. The van der Waals surface area contributed by atoms with Crippen molar-refractivity contribution in [3.05, 3.63) is 71.1 Å². The van der Waals surface area contributed by atoms with E-state index in [4.69, 9.17) is 21.7 Å². The largest absolute Gasteiger partial charge is 0.490 e. The fourth-order valence-corrected chi connectivity index (χ4v) is 4.80. The summed E-state index contributed by atoms with van der Waals surface area (Å²) in [5, 5.41) is 2.07. The molecule has 1 aliphatic heterocycles. The summed E-state index contributed by atoms with van der Waals surface area (Å²) in [6, 6.07) is 19.7. The minimum absolute atomic E-state index is 0.0944. The van der Waals surface area contributed by atoms with Crippen molar-refractivity contribution >= 4 is 56.7 Å². The van der Waals surface area contributed by atoms with Crippen LogP contribution < -0.4 is 14.4 Å². The molecule has 32 heavy (non-hydrogen) atoms. The van der Waals surface area contributed by atoms with Crippen molar-refractivity contribution in [3.63, 3.8) is 0 Å². The van der Waals surface area contributed by atoms with Crippen molar-refractivity contribution < 1.29 is 14.3 Å². The fraction of sp³-hybridized carbons (Fsp3) is 0.231. The summed E-state index contributed by atoms with van der Waals surface area (Å²) in [6.07, 6.45) is 2.86. The fourth-order valence-electron chi connectivity index (χ4n) is 3.51. The Morgan fingerprint density at radius 1 is 1.06 bits per heavy atom. The number of carbonyl (C=O) groups is 1. The van der Waals surface area contributed by atoms with E-state index in [0.717, 1.165) is 28.4 Å². The first-order chi connectivity index (χ1) is 15.5. The molecule has 1 atom stereocenters. The van der Waals surface area contributed by atoms with E-state index in [1.165, 1.54) is 11.8 Å². The first kappa shape index (κ1) is 22.4. The Bertz CT molecular complexity index is 1200. The third-order valence-corrected chi connectivity index (χ3v) is 6.57. The summed E-state index contributed by atoms with van der Waals surface area (Å²) < 4.78 is 12.3. The number of thioether (sulfide) groups is 1. The van der Waals surface area contributed by atoms with Gasteiger partial charge in [0.25, 0.3) is 5.91 Å². The van der Waals surface area contributed by atoms with Gasteiger partial charge < -0.3 is 9.47 Å². The first-order valence-electron chi connectivity index (χ1n) is 10.7. The lowest BCUT2D eigenvalue weighted by Crippen LogP contribution is -2.27. The topological polar surface area (TPSA) is 38.8 Å². The van der Waals surface area contributed by atoms with Gasteiger partial charge in [0.2, 0.25) is 0 Å². The van der Waals surface area contributed by atoms with E-state index in [2.05, 4.69) is 6.92 Å². The van der Waals surface area contributed by atoms with Crippen LogP contribution in [-0.4, -0.2) is 22.9 Å². The molecule has 3 aromatic rings. The van der Waals surface area contributed by atoms with Crippen LogP contribution in [-0.2, 0) is 4.79 Å². The number of anilines is 1. The van der Waals surface area contributed by atoms with Crippen molar-refractivity contribution in [2.45, 2.75) is 33.3 Å². The Morgan fingerprint density at radius 3 is 2.62 bits per heavy atom. The SMILES string of the molecule is CCOc1cc(/C=C2\SC(=S)N(c3cccc4ccccc34)C2=O)ccc1O[C@H](C)CC. The lowest BCUT2D eigenvalue weighted by atomic mass is 10.1. The molecular formula is C26H25NO3S2. The van der Waals surface area contributed by atoms with Gasteiger partial charge in [0.05, 0.1) is 23.3 Å². The smallest absolute Gasteiger partial charge is 0.270 e. The van der Waals surface area contributed by atoms with E-state index in [1.807, 2.05) is 80.6 Å². The molecule has 0 saturated carbocycles. The van der Waals surface area contributed by atoms with Crippen LogP contribution in [0.4, 0.5) is 5.69 Å². The van der Waals surface area contributed by atoms with Crippen molar-refractivity contribution in [2.24, 2.45) is 0 Å². The summed E-state index contributed by atoms with van der Waals surface area (Å²) in [6.45, 7) is 6.58. The van der Waals surface area contributed by atoms with Gasteiger partial charge in [0.15, 0.2) is 15.8 Å². The standard InChI is InChI=1S/C26H25NO3S2/c1-4-17(3)30-22-14-13-18(15-23(22)29-5-2)16-24-25(28)27(26(31)32-24)21-12-8-10-19-9-6-7-11-20(19)21/h6-17H,4-5H2,1-3H3/b24-16-/t17-/m1/s1. The van der Waals surface area contributed by atoms with Crippen molar-refractivity contribution in [1.29, 1.82) is 0 Å². The van der Waals surface area contributed by atoms with Crippen LogP contribution >= 0.6 is 24.0 Å². The lowest BCUT2D eigenvalue weighted by Gasteiger charge is -2.17. The molecule has 1 fully saturated rings. The normalized spacial score (nSPS) is 16.1. The predicted molar refractivity (Wildman–Crippen MR) is 138 cm³/mol. The average molecular weight is 464 g/mol. The number of thiocarbonyl (C=S) groups is 1. The molecule has 4 nitrogen and oxygen atoms in total. The zero-order chi connectivity index (χ0) is 22.7. The molecule has 0 N–H and O–H groups in total. The Morgan fingerprint density at radius 2 is 1.84 bits per heavy atom. The molecule has 1 aliphatic rings. The molecule has 1 saturated heterocycles. The molecule has 6 heteroatoms. The third-order valence-electron chi connectivity index (χ3n) is 5.27. The van der Waals surface area contributed by atoms with Gasteiger partial charge in [-0.15, -0.1) is 0 Å². The van der Waals surface area contributed by atoms with Crippen LogP contribution in [0.25, 0.3) is 16.8 Å². The van der Waals surface area contributed by atoms with Gasteiger partial charge in [-0.1, -0.05) is 73.4 Å². The predicted octanol–water partition coefficient (Wildman–Crippen LogP) is 6.82. The molecule has 0 bridgehead atoms. The van der Waals surface area contributed by atoms with Crippen LogP contribution in [0.3, 0.4) is 0 Å². The summed E-state index contributed by atoms with van der Waals surface area (Å²) in [4.78, 5) is 15.5. The third kappa shape index (κ3) is 4.52. The minimum Gasteiger partial charge on any atom is -0.490 e. The summed E-state index contributed by atoms with van der Waals surface area (Å²) in [7, 11) is 0. The van der Waals surface area contributed by atoms with E-state index < -0.39 is 0 Å². The molecule has 1 amide bonds. The van der Waals surface area contributed by atoms with Gasteiger partial charge in [0.1, 0.15) is 0 Å². The van der Waals surface area contributed by atoms with Crippen LogP contribution in [0.2, 0.25) is 0 Å². The highest BCUT2D eigenvalue weighted by Crippen LogP contribution is 2.39. The Kier molecular flexibility index (Phi) is 6.82. The number of fused-ring (bicyclic) bond motifs is 1. The van der Waals surface area contributed by atoms with Crippen molar-refractivity contribution in [2.75, 3.05) is 11.5 Å². The van der Waals surface area contributed by atoms with E-state index in [1.54, 1.807) is 4.90 Å². The van der Waals surface area contributed by atoms with E-state index in [0.29, 0.717) is 27.3 Å². The number of benzene rings is 3. The van der Waals surface area contributed by atoms with Crippen LogP contribution in [0.1, 0.15) is 32.8 Å². The number of carbonyl (C=O) groups excluding carboxylic acids is 1. The number of rotatable bonds is 7. The molecule has 0 radical (unpaired) electrons. The molecule has 0 aromatic heterocycles. The maximum Gasteiger partial charge on any atom is 0.270 e. The number of hydrogen-bond acceptors (Lipinski definition) is 5. The second-order valence-electron chi connectivity index (χ2n) is 7.49. The molecular weight excluding hydrogens is 438 g/mol. The monoisotopic (exact) mass is 463 g/mol. The number of ether oxygens (including phenoxy) is 2. The van der Waals surface area contributed by atoms with Gasteiger partial charge in [-0.25, -0.2) is 0 Å². The van der Waals surface area contributed by atoms with E-state index in [9.17, 15) is 4.79 Å². The summed E-state index contributed by atoms with van der Waals surface area (Å²) >= 11 is 6.90. The highest BCUT2D eigenvalue weighted by atomic mass is 32.2. The zero-order valence-corrected chi connectivity index (χ0v) is 20.0. The van der Waals surface area contributed by atoms with Gasteiger partial charge >= 0.3 is 0 Å². The number of amides is 1. The second-order valence-corrected chi connectivity index (χ2v) is 9.17. The molecule has 0 spiro atoms.